The van der Waals surface area contributed by atoms with Gasteiger partial charge in [0.2, 0.25) is 0 Å². The standard InChI is InChI=1S/C32H25F3N6/c1-31(2,27-17-10-18-29(38-27)40-20-19-28(39-40)32(33,34)35)26-16-9-15-24(37-26)25-21-36-30(22-11-5-3-6-12-22)41(25)23-13-7-4-8-14-23/h3-21H,1-2H3. The van der Waals surface area contributed by atoms with Gasteiger partial charge in [0.15, 0.2) is 11.5 Å². The molecule has 4 aromatic heterocycles. The van der Waals surface area contributed by atoms with Crippen LogP contribution in [0.2, 0.25) is 0 Å². The zero-order chi connectivity index (χ0) is 28.6. The predicted molar refractivity (Wildman–Crippen MR) is 151 cm³/mol. The molecule has 0 N–H and O–H groups in total. The molecule has 0 unspecified atom stereocenters. The fraction of sp³-hybridized carbons (Fsp3) is 0.125. The summed E-state index contributed by atoms with van der Waals surface area (Å²) in [5.41, 5.74) is 3.24. The normalized spacial score (nSPS) is 12.0. The molecule has 0 spiro atoms. The highest BCUT2D eigenvalue weighted by Crippen LogP contribution is 2.34. The van der Waals surface area contributed by atoms with Crippen LogP contribution in [0.25, 0.3) is 34.3 Å². The van der Waals surface area contributed by atoms with Crippen LogP contribution in [0.4, 0.5) is 13.2 Å². The molecule has 4 heterocycles. The van der Waals surface area contributed by atoms with Crippen LogP contribution in [0, 0.1) is 0 Å². The summed E-state index contributed by atoms with van der Waals surface area (Å²) in [5.74, 6) is 1.09. The van der Waals surface area contributed by atoms with Gasteiger partial charge in [-0.1, -0.05) is 60.7 Å². The van der Waals surface area contributed by atoms with E-state index >= 15 is 0 Å². The topological polar surface area (TPSA) is 61.4 Å². The Bertz CT molecular complexity index is 1800. The first kappa shape index (κ1) is 26.2. The van der Waals surface area contributed by atoms with Gasteiger partial charge in [-0.25, -0.2) is 14.6 Å². The van der Waals surface area contributed by atoms with Crippen molar-refractivity contribution in [2.24, 2.45) is 0 Å². The lowest BCUT2D eigenvalue weighted by Crippen LogP contribution is -2.23. The van der Waals surface area contributed by atoms with E-state index in [0.29, 0.717) is 5.69 Å². The summed E-state index contributed by atoms with van der Waals surface area (Å²) < 4.78 is 42.5. The molecule has 0 aliphatic heterocycles. The van der Waals surface area contributed by atoms with Crippen molar-refractivity contribution in [1.29, 1.82) is 0 Å². The van der Waals surface area contributed by atoms with E-state index in [4.69, 9.17) is 9.97 Å². The van der Waals surface area contributed by atoms with Gasteiger partial charge in [0.25, 0.3) is 0 Å². The number of halogens is 3. The van der Waals surface area contributed by atoms with Crippen LogP contribution in [-0.4, -0.2) is 29.3 Å². The van der Waals surface area contributed by atoms with E-state index in [2.05, 4.69) is 14.6 Å². The zero-order valence-corrected chi connectivity index (χ0v) is 22.3. The Balaban J connectivity index is 1.41. The minimum Gasteiger partial charge on any atom is -0.291 e. The Labute approximate surface area is 234 Å². The molecule has 9 heteroatoms. The van der Waals surface area contributed by atoms with Gasteiger partial charge in [0.1, 0.15) is 5.82 Å². The minimum absolute atomic E-state index is 0.289. The van der Waals surface area contributed by atoms with Crippen molar-refractivity contribution in [2.75, 3.05) is 0 Å². The molecule has 0 aliphatic rings. The van der Waals surface area contributed by atoms with Gasteiger partial charge in [0.05, 0.1) is 29.0 Å². The van der Waals surface area contributed by atoms with Crippen molar-refractivity contribution in [3.8, 4) is 34.3 Å². The van der Waals surface area contributed by atoms with Gasteiger partial charge < -0.3 is 0 Å². The van der Waals surface area contributed by atoms with E-state index in [-0.39, 0.29) is 5.82 Å². The zero-order valence-electron chi connectivity index (χ0n) is 22.3. The molecule has 6 nitrogen and oxygen atoms in total. The van der Waals surface area contributed by atoms with Crippen molar-refractivity contribution in [3.63, 3.8) is 0 Å². The Morgan fingerprint density at radius 1 is 0.659 bits per heavy atom. The SMILES string of the molecule is CC(C)(c1cccc(-c2cnc(-c3ccccc3)n2-c2ccccc2)n1)c1cccc(-n2ccc(C(F)(F)F)n2)n1. The van der Waals surface area contributed by atoms with Gasteiger partial charge >= 0.3 is 6.18 Å². The lowest BCUT2D eigenvalue weighted by Gasteiger charge is -2.25. The van der Waals surface area contributed by atoms with Crippen LogP contribution in [0.1, 0.15) is 30.9 Å². The Kier molecular flexibility index (Phi) is 6.49. The third-order valence-corrected chi connectivity index (χ3v) is 6.95. The Morgan fingerprint density at radius 2 is 1.32 bits per heavy atom. The third kappa shape index (κ3) is 5.02. The maximum absolute atomic E-state index is 13.1. The first-order valence-electron chi connectivity index (χ1n) is 13.0. The monoisotopic (exact) mass is 550 g/mol. The molecule has 0 radical (unpaired) electrons. The molecule has 6 aromatic rings. The van der Waals surface area contributed by atoms with Crippen LogP contribution < -0.4 is 0 Å². The summed E-state index contributed by atoms with van der Waals surface area (Å²) in [6.45, 7) is 3.97. The van der Waals surface area contributed by atoms with Crippen LogP contribution >= 0.6 is 0 Å². The molecular formula is C32H25F3N6. The van der Waals surface area contributed by atoms with Gasteiger partial charge in [-0.15, -0.1) is 0 Å². The highest BCUT2D eigenvalue weighted by atomic mass is 19.4. The fourth-order valence-corrected chi connectivity index (χ4v) is 4.72. The lowest BCUT2D eigenvalue weighted by molar-refractivity contribution is -0.141. The molecule has 2 aromatic carbocycles. The second-order valence-corrected chi connectivity index (χ2v) is 10.1. The average molecular weight is 551 g/mol. The van der Waals surface area contributed by atoms with E-state index in [0.717, 1.165) is 44.9 Å². The highest BCUT2D eigenvalue weighted by Gasteiger charge is 2.34. The predicted octanol–water partition coefficient (Wildman–Crippen LogP) is 7.53. The van der Waals surface area contributed by atoms with Crippen molar-refractivity contribution >= 4 is 0 Å². The molecule has 0 aliphatic carbocycles. The second-order valence-electron chi connectivity index (χ2n) is 10.1. The summed E-state index contributed by atoms with van der Waals surface area (Å²) >= 11 is 0. The van der Waals surface area contributed by atoms with E-state index in [1.54, 1.807) is 12.1 Å². The quantitative estimate of drug-likeness (QED) is 0.215. The summed E-state index contributed by atoms with van der Waals surface area (Å²) in [7, 11) is 0. The number of aromatic nitrogens is 6. The van der Waals surface area contributed by atoms with Gasteiger partial charge in [-0.05, 0) is 56.3 Å². The number of pyridine rings is 2. The lowest BCUT2D eigenvalue weighted by atomic mass is 9.84. The molecule has 0 saturated carbocycles. The maximum Gasteiger partial charge on any atom is 0.435 e. The molecular weight excluding hydrogens is 525 g/mol. The van der Waals surface area contributed by atoms with E-state index in [9.17, 15) is 13.2 Å². The third-order valence-electron chi connectivity index (χ3n) is 6.95. The number of rotatable bonds is 6. The largest absolute Gasteiger partial charge is 0.435 e. The first-order valence-corrected chi connectivity index (χ1v) is 13.0. The van der Waals surface area contributed by atoms with Crippen molar-refractivity contribution < 1.29 is 13.2 Å². The van der Waals surface area contributed by atoms with Crippen LogP contribution in [0.3, 0.4) is 0 Å². The number of hydrogen-bond acceptors (Lipinski definition) is 4. The van der Waals surface area contributed by atoms with Gasteiger partial charge in [-0.2, -0.15) is 18.3 Å². The second kappa shape index (κ2) is 10.2. The number of benzene rings is 2. The first-order chi connectivity index (χ1) is 19.7. The van der Waals surface area contributed by atoms with E-state index < -0.39 is 17.3 Å². The molecule has 41 heavy (non-hydrogen) atoms. The van der Waals surface area contributed by atoms with Crippen molar-refractivity contribution in [3.05, 3.63) is 133 Å². The molecule has 0 amide bonds. The number of para-hydroxylation sites is 1. The molecule has 0 saturated heterocycles. The van der Waals surface area contributed by atoms with Crippen molar-refractivity contribution in [2.45, 2.75) is 25.4 Å². The Hall–Kier alpha value is -5.05. The smallest absolute Gasteiger partial charge is 0.291 e. The van der Waals surface area contributed by atoms with Crippen LogP contribution in [-0.2, 0) is 11.6 Å². The van der Waals surface area contributed by atoms with Crippen LogP contribution in [0.15, 0.2) is 116 Å². The Morgan fingerprint density at radius 3 is 2.00 bits per heavy atom. The number of imidazole rings is 1. The summed E-state index contributed by atoms with van der Waals surface area (Å²) in [6, 6.07) is 31.9. The highest BCUT2D eigenvalue weighted by molar-refractivity contribution is 5.68. The molecule has 204 valence electrons. The summed E-state index contributed by atoms with van der Waals surface area (Å²) in [6.07, 6.45) is -1.45. The molecule has 0 bridgehead atoms. The molecule has 6 rings (SSSR count). The average Bonchev–Trinajstić information content (AvgIpc) is 3.67. The minimum atomic E-state index is -4.53. The summed E-state index contributed by atoms with van der Waals surface area (Å²) in [4.78, 5) is 14.5. The van der Waals surface area contributed by atoms with Crippen molar-refractivity contribution in [1.82, 2.24) is 29.3 Å². The molecule has 0 atom stereocenters. The van der Waals surface area contributed by atoms with E-state index in [1.807, 2.05) is 105 Å². The number of nitrogens with zero attached hydrogens (tertiary/aromatic N) is 6. The van der Waals surface area contributed by atoms with Crippen LogP contribution in [0.5, 0.6) is 0 Å². The number of hydrogen-bond donors (Lipinski definition) is 0. The molecule has 0 fully saturated rings. The fourth-order valence-electron chi connectivity index (χ4n) is 4.72. The maximum atomic E-state index is 13.1. The van der Waals surface area contributed by atoms with Gasteiger partial charge in [0, 0.05) is 22.9 Å². The van der Waals surface area contributed by atoms with Gasteiger partial charge in [-0.3, -0.25) is 9.55 Å². The van der Waals surface area contributed by atoms with E-state index in [1.165, 1.54) is 6.20 Å². The number of alkyl halides is 3. The summed E-state index contributed by atoms with van der Waals surface area (Å²) in [5, 5.41) is 3.67.